The molecule has 33 heavy (non-hydrogen) atoms. The van der Waals surface area contributed by atoms with Crippen molar-refractivity contribution in [2.45, 2.75) is 25.3 Å². The summed E-state index contributed by atoms with van der Waals surface area (Å²) in [7, 11) is 1.76. The Morgan fingerprint density at radius 3 is 1.36 bits per heavy atom. The molecule has 0 saturated heterocycles. The fourth-order valence-electron chi connectivity index (χ4n) is 3.26. The van der Waals surface area contributed by atoms with Crippen LogP contribution in [0.3, 0.4) is 0 Å². The Kier molecular flexibility index (Phi) is 15.3. The summed E-state index contributed by atoms with van der Waals surface area (Å²) in [5.74, 6) is -6.08. The summed E-state index contributed by atoms with van der Waals surface area (Å²) in [5, 5.41) is 48.7. The van der Waals surface area contributed by atoms with Crippen molar-refractivity contribution in [3.63, 3.8) is 0 Å². The minimum atomic E-state index is -1.24. The number of rotatable bonds is 21. The van der Waals surface area contributed by atoms with Crippen LogP contribution in [0.4, 0.5) is 0 Å². The molecule has 0 aliphatic heterocycles. The lowest BCUT2D eigenvalue weighted by molar-refractivity contribution is -0.146. The van der Waals surface area contributed by atoms with Crippen LogP contribution in [-0.2, 0) is 24.0 Å². The summed E-state index contributed by atoms with van der Waals surface area (Å²) in [6.45, 7) is -1.65. The molecular formula is C19H34N4O10. The molecule has 0 bridgehead atoms. The van der Waals surface area contributed by atoms with Crippen LogP contribution in [0.25, 0.3) is 0 Å². The zero-order valence-electron chi connectivity index (χ0n) is 18.7. The van der Waals surface area contributed by atoms with E-state index in [1.54, 1.807) is 7.05 Å². The first kappa shape index (κ1) is 30.2. The molecule has 0 aliphatic carbocycles. The molecule has 0 amide bonds. The van der Waals surface area contributed by atoms with Crippen molar-refractivity contribution in [1.82, 2.24) is 20.0 Å². The zero-order valence-corrected chi connectivity index (χ0v) is 18.7. The summed E-state index contributed by atoms with van der Waals surface area (Å²) >= 11 is 0. The lowest BCUT2D eigenvalue weighted by Gasteiger charge is -2.32. The molecule has 14 nitrogen and oxygen atoms in total. The SMILES string of the molecule is CNCCCCC(C(=O)O)N(CCN(CC(=O)O)CC(=O)O)CCN(CC(=O)O)CC(=O)O. The smallest absolute Gasteiger partial charge is 0.320 e. The van der Waals surface area contributed by atoms with Crippen LogP contribution < -0.4 is 5.32 Å². The Balaban J connectivity index is 5.47. The number of nitrogens with zero attached hydrogens (tertiary/aromatic N) is 3. The predicted octanol–water partition coefficient (Wildman–Crippen LogP) is -1.93. The maximum Gasteiger partial charge on any atom is 0.320 e. The van der Waals surface area contributed by atoms with Crippen molar-refractivity contribution >= 4 is 29.8 Å². The number of hydrogen-bond donors (Lipinski definition) is 6. The van der Waals surface area contributed by atoms with Gasteiger partial charge in [-0.3, -0.25) is 38.7 Å². The summed E-state index contributed by atoms with van der Waals surface area (Å²) < 4.78 is 0. The van der Waals surface area contributed by atoms with Crippen molar-refractivity contribution in [2.75, 3.05) is 66.0 Å². The number of carboxylic acid groups (broad SMARTS) is 5. The second kappa shape index (κ2) is 16.8. The molecule has 0 rings (SSSR count). The Morgan fingerprint density at radius 2 is 1.06 bits per heavy atom. The fourth-order valence-corrected chi connectivity index (χ4v) is 3.26. The molecule has 0 radical (unpaired) electrons. The van der Waals surface area contributed by atoms with Crippen LogP contribution in [0.1, 0.15) is 19.3 Å². The Labute approximate surface area is 191 Å². The number of carbonyl (C=O) groups is 5. The van der Waals surface area contributed by atoms with Gasteiger partial charge in [0.05, 0.1) is 26.2 Å². The molecule has 0 spiro atoms. The van der Waals surface area contributed by atoms with Crippen LogP contribution in [0, 0.1) is 0 Å². The van der Waals surface area contributed by atoms with Gasteiger partial charge in [-0.2, -0.15) is 0 Å². The molecule has 0 fully saturated rings. The first-order valence-corrected chi connectivity index (χ1v) is 10.4. The molecule has 0 aliphatic rings. The van der Waals surface area contributed by atoms with Gasteiger partial charge in [0, 0.05) is 26.2 Å². The second-order valence-electron chi connectivity index (χ2n) is 7.49. The van der Waals surface area contributed by atoms with Crippen LogP contribution in [0.5, 0.6) is 0 Å². The van der Waals surface area contributed by atoms with E-state index in [-0.39, 0.29) is 32.6 Å². The molecule has 0 saturated carbocycles. The highest BCUT2D eigenvalue weighted by molar-refractivity contribution is 5.74. The lowest BCUT2D eigenvalue weighted by Crippen LogP contribution is -2.50. The minimum Gasteiger partial charge on any atom is -0.480 e. The Bertz CT molecular complexity index is 588. The topological polar surface area (TPSA) is 208 Å². The van der Waals surface area contributed by atoms with Crippen LogP contribution in [0.15, 0.2) is 0 Å². The molecular weight excluding hydrogens is 444 g/mol. The molecule has 190 valence electrons. The molecule has 14 heteroatoms. The normalized spacial score (nSPS) is 12.2. The molecule has 0 aromatic rings. The summed E-state index contributed by atoms with van der Waals surface area (Å²) in [6.07, 6.45) is 1.53. The first-order valence-electron chi connectivity index (χ1n) is 10.4. The van der Waals surface area contributed by atoms with Crippen molar-refractivity contribution in [1.29, 1.82) is 0 Å². The molecule has 6 N–H and O–H groups in total. The summed E-state index contributed by atoms with van der Waals surface area (Å²) in [6, 6.07) is -0.991. The van der Waals surface area contributed by atoms with Crippen molar-refractivity contribution < 1.29 is 49.5 Å². The van der Waals surface area contributed by atoms with Crippen LogP contribution in [0.2, 0.25) is 0 Å². The zero-order chi connectivity index (χ0) is 25.4. The van der Waals surface area contributed by atoms with Gasteiger partial charge < -0.3 is 30.8 Å². The number of unbranched alkanes of at least 4 members (excludes halogenated alkanes) is 1. The van der Waals surface area contributed by atoms with Gasteiger partial charge in [0.25, 0.3) is 0 Å². The molecule has 0 heterocycles. The van der Waals surface area contributed by atoms with Gasteiger partial charge >= 0.3 is 29.8 Å². The van der Waals surface area contributed by atoms with E-state index in [2.05, 4.69) is 5.32 Å². The summed E-state index contributed by atoms with van der Waals surface area (Å²) in [4.78, 5) is 59.9. The van der Waals surface area contributed by atoms with Gasteiger partial charge in [-0.15, -0.1) is 0 Å². The monoisotopic (exact) mass is 478 g/mol. The standard InChI is InChI=1S/C19H34N4O10/c1-20-5-3-2-4-14(19(32)33)23(8-6-21(10-15(24)25)11-16(26)27)9-7-22(12-17(28)29)13-18(30)31/h14,20H,2-13H2,1H3,(H,24,25)(H,26,27)(H,28,29)(H,30,31)(H,32,33). The first-order chi connectivity index (χ1) is 15.5. The fraction of sp³-hybridized carbons (Fsp3) is 0.737. The second-order valence-corrected chi connectivity index (χ2v) is 7.49. The maximum atomic E-state index is 11.9. The Morgan fingerprint density at radius 1 is 0.667 bits per heavy atom. The van der Waals surface area contributed by atoms with E-state index in [0.29, 0.717) is 19.4 Å². The third-order valence-electron chi connectivity index (χ3n) is 4.72. The van der Waals surface area contributed by atoms with Crippen LogP contribution in [-0.4, -0.2) is 142 Å². The van der Waals surface area contributed by atoms with Crippen molar-refractivity contribution in [2.24, 2.45) is 0 Å². The highest BCUT2D eigenvalue weighted by atomic mass is 16.4. The number of aliphatic carboxylic acids is 5. The number of carboxylic acids is 5. The average Bonchev–Trinajstić information content (AvgIpc) is 2.66. The van der Waals surface area contributed by atoms with Gasteiger partial charge in [-0.1, -0.05) is 6.42 Å². The molecule has 1 unspecified atom stereocenters. The predicted molar refractivity (Wildman–Crippen MR) is 114 cm³/mol. The molecule has 0 aromatic carbocycles. The van der Waals surface area contributed by atoms with Gasteiger partial charge in [0.15, 0.2) is 0 Å². The lowest BCUT2D eigenvalue weighted by atomic mass is 10.1. The van der Waals surface area contributed by atoms with Gasteiger partial charge in [-0.25, -0.2) is 0 Å². The molecule has 0 aromatic heterocycles. The maximum absolute atomic E-state index is 11.9. The van der Waals surface area contributed by atoms with E-state index >= 15 is 0 Å². The third kappa shape index (κ3) is 15.6. The van der Waals surface area contributed by atoms with E-state index < -0.39 is 62.1 Å². The van der Waals surface area contributed by atoms with E-state index in [0.717, 1.165) is 9.80 Å². The van der Waals surface area contributed by atoms with E-state index in [1.807, 2.05) is 0 Å². The number of nitrogens with one attached hydrogen (secondary N) is 1. The quantitative estimate of drug-likeness (QED) is 0.0993. The Hall–Kier alpha value is -2.81. The average molecular weight is 478 g/mol. The largest absolute Gasteiger partial charge is 0.480 e. The highest BCUT2D eigenvalue weighted by Gasteiger charge is 2.27. The highest BCUT2D eigenvalue weighted by Crippen LogP contribution is 2.11. The summed E-state index contributed by atoms with van der Waals surface area (Å²) in [5.41, 5.74) is 0. The molecule has 1 atom stereocenters. The number of hydrogen-bond acceptors (Lipinski definition) is 9. The van der Waals surface area contributed by atoms with Crippen molar-refractivity contribution in [3.8, 4) is 0 Å². The minimum absolute atomic E-state index is 0.00244. The van der Waals surface area contributed by atoms with Gasteiger partial charge in [0.2, 0.25) is 0 Å². The van der Waals surface area contributed by atoms with E-state index in [1.165, 1.54) is 4.90 Å². The van der Waals surface area contributed by atoms with E-state index in [4.69, 9.17) is 20.4 Å². The van der Waals surface area contributed by atoms with Crippen LogP contribution >= 0.6 is 0 Å². The van der Waals surface area contributed by atoms with Gasteiger partial charge in [-0.05, 0) is 26.4 Å². The van der Waals surface area contributed by atoms with Crippen molar-refractivity contribution in [3.05, 3.63) is 0 Å². The van der Waals surface area contributed by atoms with E-state index in [9.17, 15) is 29.1 Å². The third-order valence-corrected chi connectivity index (χ3v) is 4.72. The van der Waals surface area contributed by atoms with Gasteiger partial charge in [0.1, 0.15) is 6.04 Å².